The van der Waals surface area contributed by atoms with Crippen LogP contribution in [0.4, 0.5) is 0 Å². The third-order valence-corrected chi connectivity index (χ3v) is 3.89. The van der Waals surface area contributed by atoms with Crippen LogP contribution in [0.25, 0.3) is 0 Å². The summed E-state index contributed by atoms with van der Waals surface area (Å²) in [4.78, 5) is 23.4. The minimum Gasteiger partial charge on any atom is -0.478 e. The predicted molar refractivity (Wildman–Crippen MR) is 51.4 cm³/mol. The highest BCUT2D eigenvalue weighted by Crippen LogP contribution is 2.39. The van der Waals surface area contributed by atoms with E-state index in [9.17, 15) is 9.59 Å². The standard InChI is InChI=1S/C8H10N2O3S/c1-3-4(8(12)13)2-10-6(11)5(9)7(10)14-3/h2-3,5,7H,9H2,1H3,(H,12,13)/t3?,5?,7-/m1/s1. The molecule has 1 fully saturated rings. The zero-order chi connectivity index (χ0) is 10.5. The number of fused-ring (bicyclic) bond motifs is 1. The molecule has 2 heterocycles. The van der Waals surface area contributed by atoms with Crippen molar-refractivity contribution in [3.63, 3.8) is 0 Å². The number of rotatable bonds is 1. The largest absolute Gasteiger partial charge is 0.478 e. The highest BCUT2D eigenvalue weighted by atomic mass is 32.2. The lowest BCUT2D eigenvalue weighted by molar-refractivity contribution is -0.140. The van der Waals surface area contributed by atoms with Crippen molar-refractivity contribution in [2.24, 2.45) is 5.73 Å². The van der Waals surface area contributed by atoms with Crippen molar-refractivity contribution >= 4 is 23.6 Å². The molecular formula is C8H10N2O3S. The number of nitrogens with zero attached hydrogens (tertiary/aromatic N) is 1. The van der Waals surface area contributed by atoms with E-state index < -0.39 is 12.0 Å². The molecule has 1 amide bonds. The van der Waals surface area contributed by atoms with E-state index in [-0.39, 0.29) is 22.1 Å². The van der Waals surface area contributed by atoms with Gasteiger partial charge < -0.3 is 15.7 Å². The van der Waals surface area contributed by atoms with Crippen LogP contribution in [0.1, 0.15) is 6.92 Å². The fraction of sp³-hybridized carbons (Fsp3) is 0.500. The van der Waals surface area contributed by atoms with Gasteiger partial charge in [0.25, 0.3) is 0 Å². The van der Waals surface area contributed by atoms with E-state index >= 15 is 0 Å². The first-order chi connectivity index (χ1) is 6.52. The number of nitrogens with two attached hydrogens (primary N) is 1. The molecule has 2 aliphatic rings. The molecule has 0 bridgehead atoms. The zero-order valence-corrected chi connectivity index (χ0v) is 8.32. The maximum absolute atomic E-state index is 11.2. The predicted octanol–water partition coefficient (Wildman–Crippen LogP) is -0.414. The second-order valence-corrected chi connectivity index (χ2v) is 4.79. The molecule has 0 saturated carbocycles. The Hall–Kier alpha value is -1.01. The van der Waals surface area contributed by atoms with Crippen LogP contribution in [0, 0.1) is 0 Å². The van der Waals surface area contributed by atoms with E-state index in [1.165, 1.54) is 22.9 Å². The minimum atomic E-state index is -0.975. The van der Waals surface area contributed by atoms with Crippen molar-refractivity contribution in [2.75, 3.05) is 0 Å². The van der Waals surface area contributed by atoms with Crippen LogP contribution in [0.5, 0.6) is 0 Å². The Kier molecular flexibility index (Phi) is 2.04. The van der Waals surface area contributed by atoms with Gasteiger partial charge in [0.05, 0.1) is 5.57 Å². The van der Waals surface area contributed by atoms with Gasteiger partial charge in [-0.25, -0.2) is 4.79 Å². The summed E-state index contributed by atoms with van der Waals surface area (Å²) in [6.07, 6.45) is 1.40. The normalized spacial score (nSPS) is 35.9. The van der Waals surface area contributed by atoms with E-state index in [1.807, 2.05) is 0 Å². The monoisotopic (exact) mass is 214 g/mol. The highest BCUT2D eigenvalue weighted by molar-refractivity contribution is 8.00. The fourth-order valence-electron chi connectivity index (χ4n) is 1.56. The van der Waals surface area contributed by atoms with Crippen LogP contribution in [0.15, 0.2) is 11.8 Å². The van der Waals surface area contributed by atoms with Crippen LogP contribution in [0.3, 0.4) is 0 Å². The molecule has 0 aromatic heterocycles. The molecule has 0 spiro atoms. The molecule has 5 nitrogen and oxygen atoms in total. The van der Waals surface area contributed by atoms with E-state index in [0.29, 0.717) is 0 Å². The summed E-state index contributed by atoms with van der Waals surface area (Å²) in [7, 11) is 0. The molecule has 0 aromatic carbocycles. The first kappa shape index (κ1) is 9.54. The lowest BCUT2D eigenvalue weighted by atomic mass is 10.1. The molecule has 3 atom stereocenters. The van der Waals surface area contributed by atoms with Crippen molar-refractivity contribution < 1.29 is 14.7 Å². The lowest BCUT2D eigenvalue weighted by Crippen LogP contribution is -2.66. The zero-order valence-electron chi connectivity index (χ0n) is 7.51. The number of thioether (sulfide) groups is 1. The quantitative estimate of drug-likeness (QED) is 0.579. The Morgan fingerprint density at radius 2 is 2.36 bits per heavy atom. The van der Waals surface area contributed by atoms with Gasteiger partial charge in [0.2, 0.25) is 5.91 Å². The van der Waals surface area contributed by atoms with Crippen molar-refractivity contribution in [1.82, 2.24) is 4.90 Å². The first-order valence-electron chi connectivity index (χ1n) is 4.20. The van der Waals surface area contributed by atoms with Crippen LogP contribution in [0.2, 0.25) is 0 Å². The van der Waals surface area contributed by atoms with Gasteiger partial charge in [-0.3, -0.25) is 4.79 Å². The van der Waals surface area contributed by atoms with Gasteiger partial charge >= 0.3 is 5.97 Å². The van der Waals surface area contributed by atoms with Gasteiger partial charge in [-0.1, -0.05) is 0 Å². The maximum atomic E-state index is 11.2. The number of aliphatic carboxylic acids is 1. The Morgan fingerprint density at radius 3 is 2.93 bits per heavy atom. The molecule has 1 saturated heterocycles. The third-order valence-electron chi connectivity index (χ3n) is 2.43. The summed E-state index contributed by atoms with van der Waals surface area (Å²) in [6, 6.07) is -0.478. The average molecular weight is 214 g/mol. The summed E-state index contributed by atoms with van der Waals surface area (Å²) in [5, 5.41) is 8.64. The SMILES string of the molecule is CC1S[C@@H]2C(N)C(=O)N2C=C1C(=O)O. The van der Waals surface area contributed by atoms with E-state index in [4.69, 9.17) is 10.8 Å². The van der Waals surface area contributed by atoms with Gasteiger partial charge in [-0.15, -0.1) is 11.8 Å². The molecule has 0 aromatic rings. The van der Waals surface area contributed by atoms with Crippen molar-refractivity contribution in [3.05, 3.63) is 11.8 Å². The van der Waals surface area contributed by atoms with Crippen LogP contribution in [-0.2, 0) is 9.59 Å². The third kappa shape index (κ3) is 1.14. The molecule has 0 radical (unpaired) electrons. The number of hydrogen-bond acceptors (Lipinski definition) is 4. The van der Waals surface area contributed by atoms with E-state index in [0.717, 1.165) is 0 Å². The Morgan fingerprint density at radius 1 is 1.71 bits per heavy atom. The second kappa shape index (κ2) is 2.99. The smallest absolute Gasteiger partial charge is 0.334 e. The molecule has 14 heavy (non-hydrogen) atoms. The van der Waals surface area contributed by atoms with Crippen molar-refractivity contribution in [2.45, 2.75) is 23.6 Å². The first-order valence-corrected chi connectivity index (χ1v) is 5.15. The maximum Gasteiger partial charge on any atom is 0.334 e. The number of carbonyl (C=O) groups excluding carboxylic acids is 1. The molecule has 0 aliphatic carbocycles. The number of amides is 1. The Labute approximate surface area is 84.9 Å². The summed E-state index contributed by atoms with van der Waals surface area (Å²) in [5.74, 6) is -1.18. The van der Waals surface area contributed by atoms with Crippen molar-refractivity contribution in [1.29, 1.82) is 0 Å². The molecule has 2 unspecified atom stereocenters. The van der Waals surface area contributed by atoms with Gasteiger partial charge in [0.15, 0.2) is 0 Å². The molecule has 2 aliphatic heterocycles. The van der Waals surface area contributed by atoms with Gasteiger partial charge in [-0.05, 0) is 6.92 Å². The van der Waals surface area contributed by atoms with E-state index in [2.05, 4.69) is 0 Å². The summed E-state index contributed by atoms with van der Waals surface area (Å²) in [5.41, 5.74) is 5.83. The van der Waals surface area contributed by atoms with Gasteiger partial charge in [0.1, 0.15) is 11.4 Å². The molecule has 3 N–H and O–H groups in total. The second-order valence-electron chi connectivity index (χ2n) is 3.33. The Bertz CT molecular complexity index is 341. The summed E-state index contributed by atoms with van der Waals surface area (Å²) < 4.78 is 0. The van der Waals surface area contributed by atoms with Gasteiger partial charge in [-0.2, -0.15) is 0 Å². The fourth-order valence-corrected chi connectivity index (χ4v) is 2.87. The molecule has 76 valence electrons. The lowest BCUT2D eigenvalue weighted by Gasteiger charge is -2.46. The van der Waals surface area contributed by atoms with Crippen molar-refractivity contribution in [3.8, 4) is 0 Å². The van der Waals surface area contributed by atoms with Crippen LogP contribution < -0.4 is 5.73 Å². The number of carboxylic acid groups (broad SMARTS) is 1. The van der Waals surface area contributed by atoms with Crippen LogP contribution >= 0.6 is 11.8 Å². The molecule has 6 heteroatoms. The number of carboxylic acids is 1. The average Bonchev–Trinajstić information content (AvgIpc) is 2.15. The minimum absolute atomic E-state index is 0.0828. The number of carbonyl (C=O) groups is 2. The molecule has 2 rings (SSSR count). The highest BCUT2D eigenvalue weighted by Gasteiger charge is 2.48. The van der Waals surface area contributed by atoms with Crippen LogP contribution in [-0.4, -0.2) is 38.5 Å². The Balaban J connectivity index is 2.27. The van der Waals surface area contributed by atoms with Gasteiger partial charge in [0, 0.05) is 11.4 Å². The molecular weight excluding hydrogens is 204 g/mol. The topological polar surface area (TPSA) is 83.6 Å². The van der Waals surface area contributed by atoms with E-state index in [1.54, 1.807) is 6.92 Å². The summed E-state index contributed by atoms with van der Waals surface area (Å²) >= 11 is 1.42. The number of β-lactam (4-membered cyclic amide) rings is 1. The summed E-state index contributed by atoms with van der Waals surface area (Å²) in [6.45, 7) is 1.80. The number of hydrogen-bond donors (Lipinski definition) is 2.